The van der Waals surface area contributed by atoms with Crippen LogP contribution in [-0.4, -0.2) is 0 Å². The first-order valence-electron chi connectivity index (χ1n) is 1.67. The van der Waals surface area contributed by atoms with Crippen LogP contribution in [0.15, 0.2) is 24.3 Å². The van der Waals surface area contributed by atoms with Gasteiger partial charge in [0.05, 0.1) is 0 Å². The van der Waals surface area contributed by atoms with E-state index in [2.05, 4.69) is 0 Å². The molecular formula is C5H5Nb. The molecule has 0 heterocycles. The molecule has 30 valence electrons. The molecule has 0 atom stereocenters. The van der Waals surface area contributed by atoms with Crippen molar-refractivity contribution < 1.29 is 22.4 Å². The molecule has 1 aliphatic rings. The molecule has 0 N–H and O–H groups in total. The van der Waals surface area contributed by atoms with Crippen molar-refractivity contribution in [1.29, 1.82) is 0 Å². The Morgan fingerprint density at radius 3 is 1.33 bits per heavy atom. The first kappa shape index (κ1) is 6.22. The van der Waals surface area contributed by atoms with E-state index in [9.17, 15) is 0 Å². The second-order valence-electron chi connectivity index (χ2n) is 0.962. The van der Waals surface area contributed by atoms with E-state index in [-0.39, 0.29) is 22.4 Å². The molecule has 2 radical (unpaired) electrons. The third kappa shape index (κ3) is 1.61. The Kier molecular flexibility index (Phi) is 3.54. The van der Waals surface area contributed by atoms with E-state index in [1.165, 1.54) is 0 Å². The summed E-state index contributed by atoms with van der Waals surface area (Å²) in [4.78, 5) is 0. The normalized spacial score (nSPS) is 14.7. The van der Waals surface area contributed by atoms with Crippen LogP contribution in [0.3, 0.4) is 0 Å². The fraction of sp³-hybridized carbons (Fsp3) is 0. The first-order valence-corrected chi connectivity index (χ1v) is 1.67. The second-order valence-corrected chi connectivity index (χ2v) is 0.962. The fourth-order valence-corrected chi connectivity index (χ4v) is 0.321. The summed E-state index contributed by atoms with van der Waals surface area (Å²) < 4.78 is 0. The average Bonchev–Trinajstić information content (AvgIpc) is 1.76. The summed E-state index contributed by atoms with van der Waals surface area (Å²) in [7, 11) is 0. The number of hydrogen-bond acceptors (Lipinski definition) is 0. The van der Waals surface area contributed by atoms with Crippen LogP contribution in [-0.2, 0) is 22.4 Å². The van der Waals surface area contributed by atoms with Crippen molar-refractivity contribution in [1.82, 2.24) is 0 Å². The van der Waals surface area contributed by atoms with Gasteiger partial charge < -0.3 is 0 Å². The van der Waals surface area contributed by atoms with E-state index < -0.39 is 0 Å². The van der Waals surface area contributed by atoms with Crippen LogP contribution in [0.5, 0.6) is 0 Å². The zero-order valence-electron chi connectivity index (χ0n) is 3.33. The maximum absolute atomic E-state index is 2.00. The zero-order chi connectivity index (χ0) is 3.54. The minimum atomic E-state index is 0. The Morgan fingerprint density at radius 1 is 0.667 bits per heavy atom. The molecule has 0 nitrogen and oxygen atoms in total. The molecule has 1 heteroatoms. The maximum Gasteiger partial charge on any atom is 0.00506 e. The van der Waals surface area contributed by atoms with E-state index in [1.54, 1.807) is 0 Å². The third-order valence-corrected chi connectivity index (χ3v) is 0.556. The van der Waals surface area contributed by atoms with Gasteiger partial charge in [-0.3, -0.25) is 0 Å². The van der Waals surface area contributed by atoms with Gasteiger partial charge in [-0.1, -0.05) is 24.3 Å². The van der Waals surface area contributed by atoms with Crippen LogP contribution in [0, 0.1) is 6.42 Å². The van der Waals surface area contributed by atoms with E-state index in [0.717, 1.165) is 0 Å². The summed E-state index contributed by atoms with van der Waals surface area (Å²) in [5.41, 5.74) is 0. The van der Waals surface area contributed by atoms with Crippen molar-refractivity contribution in [2.75, 3.05) is 0 Å². The van der Waals surface area contributed by atoms with Crippen LogP contribution in [0.1, 0.15) is 0 Å². The first-order chi connectivity index (χ1) is 2.50. The Hall–Kier alpha value is 0.220. The van der Waals surface area contributed by atoms with Gasteiger partial charge in [0.15, 0.2) is 0 Å². The standard InChI is InChI=1S/C5H5.Nb/c1-2-4-5-3-1;/h1-5H;. The quantitative estimate of drug-likeness (QED) is 0.466. The molecule has 6 heavy (non-hydrogen) atoms. The maximum atomic E-state index is 2.00. The van der Waals surface area contributed by atoms with E-state index in [0.29, 0.717) is 0 Å². The smallest absolute Gasteiger partial charge is 0.00506 e. The summed E-state index contributed by atoms with van der Waals surface area (Å²) in [5.74, 6) is 0. The predicted molar refractivity (Wildman–Crippen MR) is 22.6 cm³/mol. The molecule has 0 spiro atoms. The van der Waals surface area contributed by atoms with E-state index in [1.807, 2.05) is 30.7 Å². The van der Waals surface area contributed by atoms with E-state index in [4.69, 9.17) is 0 Å². The molecule has 0 bridgehead atoms. The summed E-state index contributed by atoms with van der Waals surface area (Å²) in [6.07, 6.45) is 10.0. The van der Waals surface area contributed by atoms with Crippen LogP contribution < -0.4 is 0 Å². The molecule has 1 rings (SSSR count). The van der Waals surface area contributed by atoms with Gasteiger partial charge >= 0.3 is 0 Å². The molecule has 0 unspecified atom stereocenters. The molecule has 0 aromatic rings. The van der Waals surface area contributed by atoms with Crippen LogP contribution in [0.4, 0.5) is 0 Å². The van der Waals surface area contributed by atoms with Gasteiger partial charge in [-0.15, -0.1) is 0 Å². The number of hydrogen-bond donors (Lipinski definition) is 0. The van der Waals surface area contributed by atoms with Gasteiger partial charge in [0, 0.05) is 28.8 Å². The van der Waals surface area contributed by atoms with Gasteiger partial charge in [-0.25, -0.2) is 0 Å². The summed E-state index contributed by atoms with van der Waals surface area (Å²) in [6.45, 7) is 0. The average molecular weight is 158 g/mol. The Balaban J connectivity index is 0.000000250. The molecule has 0 fully saturated rings. The zero-order valence-corrected chi connectivity index (χ0v) is 5.53. The van der Waals surface area contributed by atoms with Crippen LogP contribution in [0.2, 0.25) is 0 Å². The molecule has 0 aromatic carbocycles. The minimum absolute atomic E-state index is 0. The van der Waals surface area contributed by atoms with Crippen LogP contribution >= 0.6 is 0 Å². The molecule has 0 aliphatic heterocycles. The van der Waals surface area contributed by atoms with Gasteiger partial charge in [0.1, 0.15) is 0 Å². The van der Waals surface area contributed by atoms with Gasteiger partial charge in [-0.05, 0) is 0 Å². The summed E-state index contributed by atoms with van der Waals surface area (Å²) in [6, 6.07) is 0. The fourth-order valence-electron chi connectivity index (χ4n) is 0.321. The second kappa shape index (κ2) is 3.41. The summed E-state index contributed by atoms with van der Waals surface area (Å²) >= 11 is 0. The number of allylic oxidation sites excluding steroid dienone is 4. The molecular weight excluding hydrogens is 153 g/mol. The van der Waals surface area contributed by atoms with Crippen molar-refractivity contribution in [3.63, 3.8) is 0 Å². The predicted octanol–water partition coefficient (Wildman–Crippen LogP) is 1.31. The molecule has 0 amide bonds. The molecule has 0 aromatic heterocycles. The third-order valence-electron chi connectivity index (χ3n) is 0.556. The summed E-state index contributed by atoms with van der Waals surface area (Å²) in [5, 5.41) is 0. The topological polar surface area (TPSA) is 0 Å². The molecule has 0 saturated heterocycles. The Bertz CT molecular complexity index is 62.0. The van der Waals surface area contributed by atoms with Gasteiger partial charge in [0.25, 0.3) is 0 Å². The van der Waals surface area contributed by atoms with Crippen molar-refractivity contribution in [2.24, 2.45) is 0 Å². The Labute approximate surface area is 53.4 Å². The van der Waals surface area contributed by atoms with Crippen molar-refractivity contribution in [3.8, 4) is 0 Å². The monoisotopic (exact) mass is 158 g/mol. The van der Waals surface area contributed by atoms with E-state index >= 15 is 0 Å². The minimum Gasteiger partial charge on any atom is -0.0767 e. The van der Waals surface area contributed by atoms with Gasteiger partial charge in [0.2, 0.25) is 0 Å². The SMILES string of the molecule is [CH]1C=CC=C1.[Nb]. The number of rotatable bonds is 0. The van der Waals surface area contributed by atoms with Crippen molar-refractivity contribution in [2.45, 2.75) is 0 Å². The Morgan fingerprint density at radius 2 is 1.17 bits per heavy atom. The van der Waals surface area contributed by atoms with Crippen LogP contribution in [0.25, 0.3) is 0 Å². The largest absolute Gasteiger partial charge is 0.0767 e. The molecule has 0 saturated carbocycles. The van der Waals surface area contributed by atoms with Crippen molar-refractivity contribution >= 4 is 0 Å². The van der Waals surface area contributed by atoms with Crippen molar-refractivity contribution in [3.05, 3.63) is 30.7 Å². The molecule has 1 aliphatic carbocycles. The van der Waals surface area contributed by atoms with Gasteiger partial charge in [-0.2, -0.15) is 0 Å².